The van der Waals surface area contributed by atoms with Crippen LogP contribution in [0, 0.1) is 5.92 Å². The fourth-order valence-corrected chi connectivity index (χ4v) is 3.56. The van der Waals surface area contributed by atoms with Crippen LogP contribution in [0.5, 0.6) is 5.75 Å². The summed E-state index contributed by atoms with van der Waals surface area (Å²) in [4.78, 5) is 15.2. The Hall–Kier alpha value is -3.03. The van der Waals surface area contributed by atoms with Crippen molar-refractivity contribution in [1.82, 2.24) is 19.9 Å². The predicted molar refractivity (Wildman–Crippen MR) is 181 cm³/mol. The van der Waals surface area contributed by atoms with Crippen molar-refractivity contribution in [1.29, 1.82) is 0 Å². The maximum absolute atomic E-state index is 14.4. The van der Waals surface area contributed by atoms with E-state index in [0.717, 1.165) is 22.7 Å². The van der Waals surface area contributed by atoms with E-state index in [4.69, 9.17) is 16.3 Å². The molecule has 0 amide bonds. The molecular formula is C34H53ClFN5O. The molecule has 0 spiro atoms. The van der Waals surface area contributed by atoms with Crippen molar-refractivity contribution in [2.75, 3.05) is 37.9 Å². The first-order valence-corrected chi connectivity index (χ1v) is 15.4. The largest absolute Gasteiger partial charge is 0.491 e. The summed E-state index contributed by atoms with van der Waals surface area (Å²) in [5.41, 5.74) is 2.58. The van der Waals surface area contributed by atoms with Crippen LogP contribution >= 0.6 is 11.6 Å². The summed E-state index contributed by atoms with van der Waals surface area (Å²) in [6, 6.07) is 1.79. The van der Waals surface area contributed by atoms with Gasteiger partial charge in [0.1, 0.15) is 5.83 Å². The maximum Gasteiger partial charge on any atom is 0.179 e. The zero-order valence-corrected chi connectivity index (χ0v) is 27.9. The van der Waals surface area contributed by atoms with E-state index in [9.17, 15) is 4.39 Å². The lowest BCUT2D eigenvalue weighted by Gasteiger charge is -2.18. The van der Waals surface area contributed by atoms with Gasteiger partial charge in [0.05, 0.1) is 24.6 Å². The van der Waals surface area contributed by atoms with Gasteiger partial charge in [-0.3, -0.25) is 4.98 Å². The van der Waals surface area contributed by atoms with Crippen LogP contribution in [0.2, 0.25) is 0 Å². The molecule has 0 atom stereocenters. The van der Waals surface area contributed by atoms with Crippen LogP contribution in [0.25, 0.3) is 11.1 Å². The Bertz CT molecular complexity index is 1120. The zero-order valence-electron chi connectivity index (χ0n) is 27.1. The van der Waals surface area contributed by atoms with Gasteiger partial charge >= 0.3 is 0 Å². The van der Waals surface area contributed by atoms with Crippen molar-refractivity contribution in [3.05, 3.63) is 73.3 Å². The molecule has 2 rings (SSSR count). The summed E-state index contributed by atoms with van der Waals surface area (Å²) >= 11 is 5.77. The molecule has 0 bridgehead atoms. The van der Waals surface area contributed by atoms with Crippen molar-refractivity contribution in [2.24, 2.45) is 5.92 Å². The monoisotopic (exact) mass is 601 g/mol. The number of hydrogen-bond donors (Lipinski definition) is 1. The summed E-state index contributed by atoms with van der Waals surface area (Å²) < 4.78 is 19.7. The average Bonchev–Trinajstić information content (AvgIpc) is 2.98. The molecule has 0 fully saturated rings. The summed E-state index contributed by atoms with van der Waals surface area (Å²) in [5.74, 6) is 1.41. The van der Waals surface area contributed by atoms with Gasteiger partial charge in [-0.15, -0.1) is 11.6 Å². The number of allylic oxidation sites excluding steroid dienone is 6. The normalized spacial score (nSPS) is 11.3. The molecule has 6 nitrogen and oxygen atoms in total. The third-order valence-corrected chi connectivity index (χ3v) is 6.34. The van der Waals surface area contributed by atoms with E-state index in [1.807, 2.05) is 6.92 Å². The Morgan fingerprint density at radius 3 is 2.36 bits per heavy atom. The van der Waals surface area contributed by atoms with Gasteiger partial charge in [0.2, 0.25) is 0 Å². The summed E-state index contributed by atoms with van der Waals surface area (Å²) in [7, 11) is 1.50. The molecule has 1 N–H and O–H groups in total. The minimum atomic E-state index is -0.534. The topological polar surface area (TPSA) is 63.2 Å². The molecule has 2 aromatic heterocycles. The van der Waals surface area contributed by atoms with Crippen LogP contribution in [0.4, 0.5) is 15.9 Å². The van der Waals surface area contributed by atoms with Crippen molar-refractivity contribution >= 4 is 34.3 Å². The van der Waals surface area contributed by atoms with Crippen molar-refractivity contribution in [3.8, 4) is 5.75 Å². The van der Waals surface area contributed by atoms with Gasteiger partial charge in [-0.2, -0.15) is 0 Å². The standard InChI is InChI=1S/C20H20ClFN4O.C9H21N.C5H12/c1-5-6-16(22)14(7-9-21)19-24-12-18(27-4)20(26-19)25-17-8-10-23-11-15(17)13(2)3;1-4-7-9-10(6-3)8-5-2;1-4-5(2)3/h5-8,10-12H,1-2,9H2,3-4H3,(H,23,24,25,26);4-9H2,1-3H3;5H,4H2,1-3H3/b14-7+,16-6+;;. The molecule has 2 aromatic rings. The number of hydrogen-bond acceptors (Lipinski definition) is 6. The molecule has 0 saturated carbocycles. The third kappa shape index (κ3) is 15.3. The Morgan fingerprint density at radius 2 is 1.86 bits per heavy atom. The number of halogens is 2. The second kappa shape index (κ2) is 23.5. The van der Waals surface area contributed by atoms with Gasteiger partial charge < -0.3 is 15.0 Å². The van der Waals surface area contributed by atoms with Crippen LogP contribution in [0.3, 0.4) is 0 Å². The number of alkyl halides is 1. The van der Waals surface area contributed by atoms with Crippen LogP contribution in [0.15, 0.2) is 61.9 Å². The van der Waals surface area contributed by atoms with E-state index in [1.165, 1.54) is 76.9 Å². The lowest BCUT2D eigenvalue weighted by atomic mass is 10.1. The molecule has 0 saturated heterocycles. The van der Waals surface area contributed by atoms with E-state index >= 15 is 0 Å². The quantitative estimate of drug-likeness (QED) is 0.162. The molecule has 0 radical (unpaired) electrons. The highest BCUT2D eigenvalue weighted by molar-refractivity contribution is 6.19. The molecule has 0 aromatic carbocycles. The lowest BCUT2D eigenvalue weighted by molar-refractivity contribution is 0.284. The molecule has 234 valence electrons. The highest BCUT2D eigenvalue weighted by Crippen LogP contribution is 2.31. The van der Waals surface area contributed by atoms with Crippen LogP contribution in [-0.4, -0.2) is 52.5 Å². The third-order valence-electron chi connectivity index (χ3n) is 6.18. The van der Waals surface area contributed by atoms with E-state index in [-0.39, 0.29) is 17.3 Å². The maximum atomic E-state index is 14.4. The number of nitrogens with one attached hydrogen (secondary N) is 1. The average molecular weight is 602 g/mol. The first kappa shape index (κ1) is 39.0. The lowest BCUT2D eigenvalue weighted by Crippen LogP contribution is -2.25. The number of ether oxygens (including phenoxy) is 1. The van der Waals surface area contributed by atoms with Gasteiger partial charge in [0, 0.05) is 23.8 Å². The molecule has 42 heavy (non-hydrogen) atoms. The number of pyridine rings is 1. The SMILES string of the molecule is C=C/C=C(F)\C(=C/CCl)c1ncc(OC)c(Nc2ccncc2C(=C)C)n1.CCC(C)C.CCCCN(CC)CCC. The Kier molecular flexibility index (Phi) is 21.8. The Morgan fingerprint density at radius 1 is 1.17 bits per heavy atom. The van der Waals surface area contributed by atoms with E-state index in [1.54, 1.807) is 18.5 Å². The van der Waals surface area contributed by atoms with E-state index < -0.39 is 5.83 Å². The van der Waals surface area contributed by atoms with Crippen LogP contribution < -0.4 is 10.1 Å². The molecule has 0 aliphatic heterocycles. The number of unbranched alkanes of at least 4 members (excludes halogenated alkanes) is 1. The molecule has 0 unspecified atom stereocenters. The first-order valence-electron chi connectivity index (χ1n) is 14.9. The van der Waals surface area contributed by atoms with Gasteiger partial charge in [0.15, 0.2) is 17.4 Å². The number of anilines is 2. The number of rotatable bonds is 15. The fourth-order valence-electron chi connectivity index (χ4n) is 3.40. The van der Waals surface area contributed by atoms with E-state index in [2.05, 4.69) is 79.9 Å². The number of aromatic nitrogens is 3. The number of methoxy groups -OCH3 is 1. The summed E-state index contributed by atoms with van der Waals surface area (Å²) in [6.07, 6.45) is 14.1. The Labute approximate surface area is 259 Å². The molecule has 8 heteroatoms. The second-order valence-corrected chi connectivity index (χ2v) is 10.4. The Balaban J connectivity index is 0.000000925. The van der Waals surface area contributed by atoms with Gasteiger partial charge in [-0.1, -0.05) is 79.7 Å². The smallest absolute Gasteiger partial charge is 0.179 e. The van der Waals surface area contributed by atoms with Crippen molar-refractivity contribution in [2.45, 2.75) is 74.1 Å². The summed E-state index contributed by atoms with van der Waals surface area (Å²) in [6.45, 7) is 26.5. The van der Waals surface area contributed by atoms with Crippen molar-refractivity contribution in [3.63, 3.8) is 0 Å². The zero-order chi connectivity index (χ0) is 31.9. The molecular weight excluding hydrogens is 549 g/mol. The number of nitrogens with zero attached hydrogens (tertiary/aromatic N) is 4. The first-order chi connectivity index (χ1) is 20.1. The predicted octanol–water partition coefficient (Wildman–Crippen LogP) is 9.89. The van der Waals surface area contributed by atoms with Crippen molar-refractivity contribution < 1.29 is 9.13 Å². The van der Waals surface area contributed by atoms with Gasteiger partial charge in [-0.25, -0.2) is 14.4 Å². The minimum Gasteiger partial charge on any atom is -0.491 e. The fraction of sp³-hybridized carbons (Fsp3) is 0.500. The van der Waals surface area contributed by atoms with Gasteiger partial charge in [0.25, 0.3) is 0 Å². The highest BCUT2D eigenvalue weighted by atomic mass is 35.5. The van der Waals surface area contributed by atoms with E-state index in [0.29, 0.717) is 11.6 Å². The van der Waals surface area contributed by atoms with Crippen LogP contribution in [0.1, 0.15) is 85.5 Å². The second-order valence-electron chi connectivity index (χ2n) is 10.0. The minimum absolute atomic E-state index is 0.107. The van der Waals surface area contributed by atoms with Crippen LogP contribution in [-0.2, 0) is 0 Å². The summed E-state index contributed by atoms with van der Waals surface area (Å²) in [5, 5.41) is 3.18. The molecule has 0 aliphatic rings. The molecule has 2 heterocycles. The highest BCUT2D eigenvalue weighted by Gasteiger charge is 2.15. The van der Waals surface area contributed by atoms with Gasteiger partial charge in [-0.05, 0) is 63.0 Å². The molecule has 0 aliphatic carbocycles.